The maximum Gasteiger partial charge on any atom is 0.431 e. The minimum Gasteiger partial charge on any atom is -0.336 e. The van der Waals surface area contributed by atoms with Gasteiger partial charge in [0, 0.05) is 34.1 Å². The second kappa shape index (κ2) is 8.89. The van der Waals surface area contributed by atoms with E-state index in [1.54, 1.807) is 37.3 Å². The number of nitrogens with one attached hydrogen (secondary N) is 2. The van der Waals surface area contributed by atoms with Crippen LogP contribution in [-0.2, 0) is 0 Å². The Morgan fingerprint density at radius 3 is 2.45 bits per heavy atom. The summed E-state index contributed by atoms with van der Waals surface area (Å²) in [6, 6.07) is 9.27. The van der Waals surface area contributed by atoms with Gasteiger partial charge in [0.05, 0.1) is 0 Å². The molecule has 0 fully saturated rings. The zero-order chi connectivity index (χ0) is 22.8. The summed E-state index contributed by atoms with van der Waals surface area (Å²) in [5.41, 5.74) is 0.406. The van der Waals surface area contributed by atoms with Gasteiger partial charge in [-0.15, -0.1) is 0 Å². The molecule has 8 heteroatoms. The predicted molar refractivity (Wildman–Crippen MR) is 117 cm³/mol. The van der Waals surface area contributed by atoms with Crippen molar-refractivity contribution < 1.29 is 17.6 Å². The Labute approximate surface area is 182 Å². The summed E-state index contributed by atoms with van der Waals surface area (Å²) in [6.45, 7) is 3.15. The van der Waals surface area contributed by atoms with Gasteiger partial charge in [-0.05, 0) is 54.8 Å². The van der Waals surface area contributed by atoms with Crippen LogP contribution < -0.4 is 5.32 Å². The molecule has 1 heterocycles. The smallest absolute Gasteiger partial charge is 0.336 e. The number of hydrogen-bond acceptors (Lipinski definition) is 3. The van der Waals surface area contributed by atoms with Crippen molar-refractivity contribution in [2.75, 3.05) is 5.32 Å². The van der Waals surface area contributed by atoms with Crippen LogP contribution >= 0.6 is 11.6 Å². The number of alkyl halides is 3. The highest BCUT2D eigenvalue weighted by atomic mass is 35.5. The Hall–Kier alpha value is -3.19. The topological polar surface area (TPSA) is 48.8 Å². The molecule has 3 nitrogen and oxygen atoms in total. The van der Waals surface area contributed by atoms with Crippen LogP contribution in [0.1, 0.15) is 25.0 Å². The van der Waals surface area contributed by atoms with Crippen LogP contribution in [0.5, 0.6) is 0 Å². The van der Waals surface area contributed by atoms with E-state index in [2.05, 4.69) is 10.3 Å². The highest BCUT2D eigenvalue weighted by Gasteiger charge is 2.39. The number of rotatable bonds is 6. The van der Waals surface area contributed by atoms with Gasteiger partial charge in [-0.1, -0.05) is 35.9 Å². The van der Waals surface area contributed by atoms with Crippen LogP contribution in [0, 0.1) is 5.41 Å². The molecule has 0 amide bonds. The molecule has 0 bridgehead atoms. The Morgan fingerprint density at radius 1 is 1.16 bits per heavy atom. The number of nitrogens with zero attached hydrogens (tertiary/aromatic N) is 1. The molecule has 2 aromatic rings. The van der Waals surface area contributed by atoms with Crippen molar-refractivity contribution in [3.8, 4) is 0 Å². The maximum absolute atomic E-state index is 14.3. The van der Waals surface area contributed by atoms with E-state index in [-0.39, 0.29) is 27.6 Å². The molecule has 160 valence electrons. The standard InChI is InChI=1S/C23H18ClF4N3/c1-3-19(25)14-7-6-8-18(24)21(14)16-11-15(13(16)2)17(12-29)22(23(26,27)28)31-20-9-4-5-10-30-20/h3-12,29H,1-2H3,(H,30,31)/b19-3-,22-17+,29-12?. The molecule has 0 aliphatic heterocycles. The van der Waals surface area contributed by atoms with Gasteiger partial charge in [-0.3, -0.25) is 0 Å². The number of allylic oxidation sites excluding steroid dienone is 7. The molecule has 1 aliphatic rings. The molecule has 0 unspecified atom stereocenters. The highest BCUT2D eigenvalue weighted by molar-refractivity contribution is 6.33. The summed E-state index contributed by atoms with van der Waals surface area (Å²) >= 11 is 6.29. The van der Waals surface area contributed by atoms with Crippen molar-refractivity contribution in [2.24, 2.45) is 0 Å². The summed E-state index contributed by atoms with van der Waals surface area (Å²) < 4.78 is 55.8. The Balaban J connectivity index is 2.10. The summed E-state index contributed by atoms with van der Waals surface area (Å²) in [5, 5.41) is 10.2. The van der Waals surface area contributed by atoms with E-state index >= 15 is 0 Å². The number of halogens is 5. The monoisotopic (exact) mass is 447 g/mol. The zero-order valence-corrected chi connectivity index (χ0v) is 17.4. The summed E-state index contributed by atoms with van der Waals surface area (Å²) in [7, 11) is 0. The molecule has 1 aromatic heterocycles. The third-order valence-electron chi connectivity index (χ3n) is 4.80. The van der Waals surface area contributed by atoms with Crippen molar-refractivity contribution >= 4 is 35.0 Å². The van der Waals surface area contributed by atoms with Gasteiger partial charge in [0.1, 0.15) is 17.3 Å². The van der Waals surface area contributed by atoms with E-state index in [0.29, 0.717) is 22.9 Å². The SMILES string of the molecule is C/C=C(\F)c1cccc(Cl)c1C1=CC(/C(C=N)=C(/Nc2ccccn2)C(F)(F)F)=C1C. The van der Waals surface area contributed by atoms with Crippen molar-refractivity contribution in [2.45, 2.75) is 20.0 Å². The van der Waals surface area contributed by atoms with Crippen LogP contribution in [0.25, 0.3) is 11.4 Å². The van der Waals surface area contributed by atoms with Gasteiger partial charge in [0.15, 0.2) is 0 Å². The van der Waals surface area contributed by atoms with Crippen LogP contribution in [0.15, 0.2) is 77.2 Å². The van der Waals surface area contributed by atoms with E-state index in [1.165, 1.54) is 31.3 Å². The molecule has 3 rings (SSSR count). The van der Waals surface area contributed by atoms with Gasteiger partial charge < -0.3 is 10.7 Å². The van der Waals surface area contributed by atoms with E-state index in [0.717, 1.165) is 0 Å². The zero-order valence-electron chi connectivity index (χ0n) is 16.6. The second-order valence-electron chi connectivity index (χ2n) is 6.67. The third-order valence-corrected chi connectivity index (χ3v) is 5.11. The van der Waals surface area contributed by atoms with Gasteiger partial charge >= 0.3 is 6.18 Å². The minimum absolute atomic E-state index is 0.000464. The van der Waals surface area contributed by atoms with Gasteiger partial charge in [0.25, 0.3) is 0 Å². The third kappa shape index (κ3) is 4.46. The van der Waals surface area contributed by atoms with Crippen LogP contribution in [0.3, 0.4) is 0 Å². The first-order valence-corrected chi connectivity index (χ1v) is 9.61. The first-order chi connectivity index (χ1) is 14.7. The normalized spacial score (nSPS) is 15.2. The van der Waals surface area contributed by atoms with E-state index in [1.807, 2.05) is 0 Å². The molecular weight excluding hydrogens is 430 g/mol. The molecule has 0 spiro atoms. The lowest BCUT2D eigenvalue weighted by atomic mass is 9.79. The Morgan fingerprint density at radius 2 is 1.90 bits per heavy atom. The number of pyridine rings is 1. The van der Waals surface area contributed by atoms with Gasteiger partial charge in [-0.25, -0.2) is 9.37 Å². The van der Waals surface area contributed by atoms with Crippen molar-refractivity contribution in [3.63, 3.8) is 0 Å². The van der Waals surface area contributed by atoms with Crippen molar-refractivity contribution in [1.82, 2.24) is 4.98 Å². The lowest BCUT2D eigenvalue weighted by Crippen LogP contribution is -2.24. The fourth-order valence-electron chi connectivity index (χ4n) is 3.26. The average Bonchev–Trinajstić information content (AvgIpc) is 2.74. The molecule has 1 aromatic carbocycles. The average molecular weight is 448 g/mol. The summed E-state index contributed by atoms with van der Waals surface area (Å²) in [6.07, 6.45) is 0.0187. The van der Waals surface area contributed by atoms with Crippen LogP contribution in [-0.4, -0.2) is 17.4 Å². The molecule has 0 saturated heterocycles. The van der Waals surface area contributed by atoms with Gasteiger partial charge in [-0.2, -0.15) is 13.2 Å². The van der Waals surface area contributed by atoms with Gasteiger partial charge in [0.2, 0.25) is 0 Å². The molecule has 1 aliphatic carbocycles. The summed E-state index contributed by atoms with van der Waals surface area (Å²) in [5.74, 6) is -0.491. The lowest BCUT2D eigenvalue weighted by molar-refractivity contribution is -0.0906. The summed E-state index contributed by atoms with van der Waals surface area (Å²) in [4.78, 5) is 3.87. The van der Waals surface area contributed by atoms with E-state index in [4.69, 9.17) is 17.0 Å². The first kappa shape index (κ1) is 22.5. The highest BCUT2D eigenvalue weighted by Crippen LogP contribution is 2.45. The largest absolute Gasteiger partial charge is 0.431 e. The maximum atomic E-state index is 14.3. The number of anilines is 1. The Kier molecular flexibility index (Phi) is 6.45. The van der Waals surface area contributed by atoms with Crippen molar-refractivity contribution in [1.29, 1.82) is 5.41 Å². The quantitative estimate of drug-likeness (QED) is 0.359. The van der Waals surface area contributed by atoms with Crippen LogP contribution in [0.4, 0.5) is 23.4 Å². The second-order valence-corrected chi connectivity index (χ2v) is 7.07. The van der Waals surface area contributed by atoms with E-state index < -0.39 is 17.7 Å². The lowest BCUT2D eigenvalue weighted by Gasteiger charge is -2.27. The fraction of sp³-hybridized carbons (Fsp3) is 0.130. The Bertz CT molecular complexity index is 1140. The minimum atomic E-state index is -4.76. The molecule has 31 heavy (non-hydrogen) atoms. The number of aromatic nitrogens is 1. The molecule has 2 N–H and O–H groups in total. The molecular formula is C23H18ClF4N3. The number of hydrogen-bond donors (Lipinski definition) is 2. The number of benzene rings is 1. The van der Waals surface area contributed by atoms with Crippen molar-refractivity contribution in [3.05, 3.63) is 93.3 Å². The predicted octanol–water partition coefficient (Wildman–Crippen LogP) is 7.36. The molecule has 0 saturated carbocycles. The molecule has 0 atom stereocenters. The first-order valence-electron chi connectivity index (χ1n) is 9.23. The fourth-order valence-corrected chi connectivity index (χ4v) is 3.54. The van der Waals surface area contributed by atoms with E-state index in [9.17, 15) is 17.6 Å². The van der Waals surface area contributed by atoms with Crippen LogP contribution in [0.2, 0.25) is 5.02 Å². The molecule has 0 radical (unpaired) electrons.